The van der Waals surface area contributed by atoms with Gasteiger partial charge in [-0.05, 0) is 36.5 Å². The van der Waals surface area contributed by atoms with Gasteiger partial charge in [0.05, 0.1) is 0 Å². The van der Waals surface area contributed by atoms with Gasteiger partial charge in [0, 0.05) is 0 Å². The van der Waals surface area contributed by atoms with Crippen LogP contribution >= 0.6 is 0 Å². The topological polar surface area (TPSA) is 0 Å². The van der Waals surface area contributed by atoms with Gasteiger partial charge in [-0.3, -0.25) is 0 Å². The Kier molecular flexibility index (Phi) is 10.8. The summed E-state index contributed by atoms with van der Waals surface area (Å²) in [5.41, 5.74) is 4.34. The average Bonchev–Trinajstić information content (AvgIpc) is 2.23. The van der Waals surface area contributed by atoms with Crippen LogP contribution in [0.25, 0.3) is 0 Å². The van der Waals surface area contributed by atoms with Crippen LogP contribution in [0.3, 0.4) is 0 Å². The van der Waals surface area contributed by atoms with Crippen molar-refractivity contribution in [2.75, 3.05) is 0 Å². The number of hydrogen-bond acceptors (Lipinski definition) is 0. The van der Waals surface area contributed by atoms with E-state index in [2.05, 4.69) is 45.9 Å². The molecule has 0 nitrogen and oxygen atoms in total. The molecule has 0 N–H and O–H groups in total. The van der Waals surface area contributed by atoms with Crippen molar-refractivity contribution in [2.24, 2.45) is 0 Å². The molecule has 1 rings (SSSR count). The Labute approximate surface area is 96.7 Å². The lowest BCUT2D eigenvalue weighted by molar-refractivity contribution is 0.846. The zero-order valence-corrected chi connectivity index (χ0v) is 11.8. The smallest absolute Gasteiger partial charge is 0.0214 e. The fraction of sp³-hybridized carbons (Fsp3) is 0.600. The summed E-state index contributed by atoms with van der Waals surface area (Å²) in [5, 5.41) is 0. The second kappa shape index (κ2) is 9.76. The van der Waals surface area contributed by atoms with Gasteiger partial charge in [-0.15, -0.1) is 0 Å². The molecule has 0 unspecified atom stereocenters. The average molecular weight is 208 g/mol. The Morgan fingerprint density at radius 2 is 1.13 bits per heavy atom. The normalized spacial score (nSPS) is 8.60. The summed E-state index contributed by atoms with van der Waals surface area (Å²) < 4.78 is 0. The minimum absolute atomic E-state index is 0.649. The van der Waals surface area contributed by atoms with Crippen molar-refractivity contribution in [3.05, 3.63) is 34.9 Å². The fourth-order valence-corrected chi connectivity index (χ4v) is 1.74. The molecule has 0 amide bonds. The van der Waals surface area contributed by atoms with Crippen LogP contribution in [0, 0.1) is 13.8 Å². The van der Waals surface area contributed by atoms with Crippen LogP contribution in [0.4, 0.5) is 0 Å². The Morgan fingerprint density at radius 1 is 0.800 bits per heavy atom. The zero-order valence-electron chi connectivity index (χ0n) is 11.8. The molecule has 0 aliphatic carbocycles. The van der Waals surface area contributed by atoms with Gasteiger partial charge in [-0.25, -0.2) is 0 Å². The minimum Gasteiger partial charge on any atom is -0.0683 e. The first kappa shape index (κ1) is 16.6. The molecule has 1 aromatic rings. The maximum absolute atomic E-state index is 2.25. The van der Waals surface area contributed by atoms with E-state index in [-0.39, 0.29) is 0 Å². The molecule has 88 valence electrons. The number of hydrogen-bond donors (Lipinski definition) is 0. The third-order valence-corrected chi connectivity index (χ3v) is 2.12. The van der Waals surface area contributed by atoms with Gasteiger partial charge < -0.3 is 0 Å². The molecule has 0 heteroatoms. The fourth-order valence-electron chi connectivity index (χ4n) is 1.74. The van der Waals surface area contributed by atoms with E-state index in [1.165, 1.54) is 16.7 Å². The lowest BCUT2D eigenvalue weighted by Gasteiger charge is -2.12. The molecule has 0 saturated carbocycles. The molecule has 0 heterocycles. The minimum atomic E-state index is 0.649. The van der Waals surface area contributed by atoms with Crippen molar-refractivity contribution < 1.29 is 0 Å². The third kappa shape index (κ3) is 5.61. The van der Waals surface area contributed by atoms with Crippen LogP contribution in [0.5, 0.6) is 0 Å². The first-order valence-electron chi connectivity index (χ1n) is 6.19. The molecule has 0 spiro atoms. The Balaban J connectivity index is 0. The summed E-state index contributed by atoms with van der Waals surface area (Å²) in [7, 11) is 0. The molecule has 0 radical (unpaired) electrons. The van der Waals surface area contributed by atoms with Crippen LogP contribution in [-0.4, -0.2) is 0 Å². The van der Waals surface area contributed by atoms with E-state index in [1.807, 2.05) is 27.7 Å². The third-order valence-electron chi connectivity index (χ3n) is 2.12. The van der Waals surface area contributed by atoms with Crippen LogP contribution in [-0.2, 0) is 0 Å². The van der Waals surface area contributed by atoms with Gasteiger partial charge in [0.15, 0.2) is 0 Å². The maximum atomic E-state index is 2.25. The molecular weight excluding hydrogens is 180 g/mol. The standard InChI is InChI=1S/C11H16.2C2H6/c1-8(2)11-9(3)6-5-7-10(11)4;2*1-2/h5-8H,1-4H3;2*1-2H3. The van der Waals surface area contributed by atoms with Crippen molar-refractivity contribution in [1.29, 1.82) is 0 Å². The van der Waals surface area contributed by atoms with E-state index in [1.54, 1.807) is 0 Å². The SMILES string of the molecule is CC.CC.Cc1cccc(C)c1C(C)C. The van der Waals surface area contributed by atoms with E-state index >= 15 is 0 Å². The number of benzene rings is 1. The lowest BCUT2D eigenvalue weighted by Crippen LogP contribution is -1.94. The Morgan fingerprint density at radius 3 is 1.33 bits per heavy atom. The first-order valence-corrected chi connectivity index (χ1v) is 6.19. The Hall–Kier alpha value is -0.780. The highest BCUT2D eigenvalue weighted by molar-refractivity contribution is 5.35. The predicted octanol–water partition coefficient (Wildman–Crippen LogP) is 5.48. The summed E-state index contributed by atoms with van der Waals surface area (Å²) in [5.74, 6) is 0.649. The van der Waals surface area contributed by atoms with E-state index in [0.29, 0.717) is 5.92 Å². The summed E-state index contributed by atoms with van der Waals surface area (Å²) in [6.45, 7) is 16.9. The van der Waals surface area contributed by atoms with Gasteiger partial charge >= 0.3 is 0 Å². The summed E-state index contributed by atoms with van der Waals surface area (Å²) in [4.78, 5) is 0. The van der Waals surface area contributed by atoms with E-state index < -0.39 is 0 Å². The largest absolute Gasteiger partial charge is 0.0683 e. The number of aryl methyl sites for hydroxylation is 2. The maximum Gasteiger partial charge on any atom is -0.0214 e. The highest BCUT2D eigenvalue weighted by atomic mass is 14.1. The molecule has 15 heavy (non-hydrogen) atoms. The van der Waals surface area contributed by atoms with Crippen LogP contribution < -0.4 is 0 Å². The molecule has 0 atom stereocenters. The molecular formula is C15H28. The van der Waals surface area contributed by atoms with Crippen molar-refractivity contribution in [3.8, 4) is 0 Å². The molecule has 0 aromatic heterocycles. The molecule has 0 fully saturated rings. The van der Waals surface area contributed by atoms with Gasteiger partial charge in [0.25, 0.3) is 0 Å². The van der Waals surface area contributed by atoms with E-state index in [9.17, 15) is 0 Å². The van der Waals surface area contributed by atoms with Crippen LogP contribution in [0.2, 0.25) is 0 Å². The summed E-state index contributed by atoms with van der Waals surface area (Å²) in [6.07, 6.45) is 0. The predicted molar refractivity (Wildman–Crippen MR) is 72.7 cm³/mol. The van der Waals surface area contributed by atoms with Gasteiger partial charge in [0.1, 0.15) is 0 Å². The van der Waals surface area contributed by atoms with Crippen molar-refractivity contribution in [1.82, 2.24) is 0 Å². The Bertz CT molecular complexity index is 226. The van der Waals surface area contributed by atoms with Crippen LogP contribution in [0.1, 0.15) is 64.2 Å². The van der Waals surface area contributed by atoms with Crippen molar-refractivity contribution in [3.63, 3.8) is 0 Å². The quantitative estimate of drug-likeness (QED) is 0.573. The van der Waals surface area contributed by atoms with E-state index in [0.717, 1.165) is 0 Å². The van der Waals surface area contributed by atoms with Gasteiger partial charge in [-0.2, -0.15) is 0 Å². The van der Waals surface area contributed by atoms with Crippen molar-refractivity contribution >= 4 is 0 Å². The van der Waals surface area contributed by atoms with Crippen LogP contribution in [0.15, 0.2) is 18.2 Å². The lowest BCUT2D eigenvalue weighted by atomic mass is 9.94. The molecule has 0 aliphatic rings. The first-order chi connectivity index (χ1) is 7.13. The molecule has 1 aromatic carbocycles. The van der Waals surface area contributed by atoms with Crippen molar-refractivity contribution in [2.45, 2.75) is 61.3 Å². The zero-order chi connectivity index (χ0) is 12.4. The van der Waals surface area contributed by atoms with Gasteiger partial charge in [0.2, 0.25) is 0 Å². The molecule has 0 saturated heterocycles. The van der Waals surface area contributed by atoms with Gasteiger partial charge in [-0.1, -0.05) is 59.7 Å². The second-order valence-electron chi connectivity index (χ2n) is 3.46. The number of rotatable bonds is 1. The second-order valence-corrected chi connectivity index (χ2v) is 3.46. The monoisotopic (exact) mass is 208 g/mol. The highest BCUT2D eigenvalue weighted by Crippen LogP contribution is 2.22. The highest BCUT2D eigenvalue weighted by Gasteiger charge is 2.04. The summed E-state index contributed by atoms with van der Waals surface area (Å²) >= 11 is 0. The molecule has 0 aliphatic heterocycles. The molecule has 0 bridgehead atoms. The summed E-state index contributed by atoms with van der Waals surface area (Å²) in [6, 6.07) is 6.49. The van der Waals surface area contributed by atoms with E-state index in [4.69, 9.17) is 0 Å².